The molecule has 0 rings (SSSR count). The molecule has 0 spiro atoms. The van der Waals surface area contributed by atoms with Crippen molar-refractivity contribution in [2.24, 2.45) is 0 Å². The summed E-state index contributed by atoms with van der Waals surface area (Å²) in [5, 5.41) is 8.92. The molecular formula is C24H57O33P8-7. The maximum absolute atomic E-state index is 11.7. The maximum Gasteiger partial charge on any atom is 0.469 e. The summed E-state index contributed by atoms with van der Waals surface area (Å²) in [4.78, 5) is 105. The van der Waals surface area contributed by atoms with Crippen LogP contribution in [0.3, 0.4) is 0 Å². The Hall–Kier alpha value is 0.840. The molecule has 0 heterocycles. The third-order valence-corrected chi connectivity index (χ3v) is 13.1. The Kier molecular flexibility index (Phi) is 39.0. The van der Waals surface area contributed by atoms with Gasteiger partial charge in [0.25, 0.3) is 54.8 Å². The van der Waals surface area contributed by atoms with E-state index in [0.29, 0.717) is 0 Å². The first kappa shape index (κ1) is 72.4. The molecule has 0 radical (unpaired) electrons. The molecule has 0 saturated heterocycles. The lowest BCUT2D eigenvalue weighted by atomic mass is 10.3. The molecule has 0 aromatic carbocycles. The van der Waals surface area contributed by atoms with Crippen molar-refractivity contribution >= 4 is 62.6 Å². The molecule has 65 heavy (non-hydrogen) atoms. The van der Waals surface area contributed by atoms with Crippen LogP contribution < -0.4 is 34.3 Å². The topological polar surface area (TPSA) is 508 Å². The molecular weight excluding hydrogens is 1060 g/mol. The number of rotatable bonds is 38. The molecule has 10 atom stereocenters. The lowest BCUT2D eigenvalue weighted by Gasteiger charge is -2.28. The third kappa shape index (κ3) is 44.5. The lowest BCUT2D eigenvalue weighted by Crippen LogP contribution is -2.22. The van der Waals surface area contributed by atoms with E-state index in [9.17, 15) is 70.8 Å². The molecule has 0 aliphatic rings. The fraction of sp³-hybridized carbons (Fsp3) is 1.00. The number of phosphoric acid groups is 8. The Labute approximate surface area is 375 Å². The van der Waals surface area contributed by atoms with Crippen LogP contribution in [-0.2, 0) is 99.9 Å². The van der Waals surface area contributed by atoms with Gasteiger partial charge >= 0.3 is 7.82 Å². The van der Waals surface area contributed by atoms with Crippen LogP contribution in [0.5, 0.6) is 0 Å². The summed E-state index contributed by atoms with van der Waals surface area (Å²) >= 11 is 0. The predicted molar refractivity (Wildman–Crippen MR) is 205 cm³/mol. The van der Waals surface area contributed by atoms with Crippen molar-refractivity contribution in [3.8, 4) is 0 Å². The highest BCUT2D eigenvalue weighted by Gasteiger charge is 2.24. The van der Waals surface area contributed by atoms with Crippen molar-refractivity contribution in [3.05, 3.63) is 0 Å². The van der Waals surface area contributed by atoms with Crippen molar-refractivity contribution in [3.63, 3.8) is 0 Å². The van der Waals surface area contributed by atoms with Gasteiger partial charge in [0.2, 0.25) is 0 Å². The van der Waals surface area contributed by atoms with Gasteiger partial charge < -0.3 is 113 Å². The highest BCUT2D eigenvalue weighted by Crippen LogP contribution is 2.45. The number of aliphatic hydroxyl groups excluding tert-OH is 1. The van der Waals surface area contributed by atoms with Crippen LogP contribution in [0.1, 0.15) is 61.8 Å². The van der Waals surface area contributed by atoms with Crippen LogP contribution >= 0.6 is 62.6 Å². The summed E-state index contributed by atoms with van der Waals surface area (Å²) in [6.07, 6.45) is -3.20. The normalized spacial score (nSPS) is 19.9. The number of hydrogen-bond acceptors (Lipinski definition) is 30. The highest BCUT2D eigenvalue weighted by molar-refractivity contribution is 7.47. The van der Waals surface area contributed by atoms with Gasteiger partial charge in [0.05, 0.1) is 97.6 Å². The lowest BCUT2D eigenvalue weighted by molar-refractivity contribution is -0.239. The van der Waals surface area contributed by atoms with Gasteiger partial charge in [-0.3, -0.25) is 36.5 Å². The summed E-state index contributed by atoms with van der Waals surface area (Å²) in [7, 11) is -39.5. The zero-order valence-corrected chi connectivity index (χ0v) is 40.7. The predicted octanol–water partition coefficient (Wildman–Crippen LogP) is -0.811. The highest BCUT2D eigenvalue weighted by atomic mass is 31.2. The minimum atomic E-state index is -5.17. The minimum Gasteiger partial charge on any atom is -0.756 e. The molecule has 0 aromatic heterocycles. The second kappa shape index (κ2) is 35.0. The van der Waals surface area contributed by atoms with E-state index in [-0.39, 0.29) is 40.7 Å². The van der Waals surface area contributed by atoms with E-state index < -0.39 is 154 Å². The molecule has 398 valence electrons. The molecule has 0 saturated carbocycles. The van der Waals surface area contributed by atoms with E-state index in [4.69, 9.17) is 19.8 Å². The molecule has 0 aliphatic heterocycles. The maximum atomic E-state index is 11.7. The van der Waals surface area contributed by atoms with Crippen LogP contribution in [0.15, 0.2) is 0 Å². The van der Waals surface area contributed by atoms with E-state index >= 15 is 0 Å². The molecule has 0 fully saturated rings. The van der Waals surface area contributed by atoms with Crippen LogP contribution in [0, 0.1) is 0 Å². The van der Waals surface area contributed by atoms with Gasteiger partial charge in [-0.05, 0) is 26.2 Å². The fourth-order valence-electron chi connectivity index (χ4n) is 3.16. The van der Waals surface area contributed by atoms with Gasteiger partial charge in [0.15, 0.2) is 0 Å². The zero-order valence-electron chi connectivity index (χ0n) is 33.5. The van der Waals surface area contributed by atoms with E-state index in [2.05, 4.69) is 63.3 Å². The minimum absolute atomic E-state index is 0. The van der Waals surface area contributed by atoms with Gasteiger partial charge in [0, 0.05) is 0 Å². The Morgan fingerprint density at radius 1 is 0.385 bits per heavy atom. The zero-order chi connectivity index (χ0) is 49.2. The summed E-state index contributed by atoms with van der Waals surface area (Å²) in [6, 6.07) is 0. The first-order valence-electron chi connectivity index (χ1n) is 17.4. The van der Waals surface area contributed by atoms with Gasteiger partial charge in [-0.25, -0.2) is 4.57 Å². The van der Waals surface area contributed by atoms with Gasteiger partial charge in [-0.15, -0.1) is 0 Å². The van der Waals surface area contributed by atoms with Crippen LogP contribution in [0.25, 0.3) is 0 Å². The molecule has 33 nitrogen and oxygen atoms in total. The first-order chi connectivity index (χ1) is 28.7. The van der Waals surface area contributed by atoms with Crippen molar-refractivity contribution in [1.82, 2.24) is 0 Å². The average molecular weight is 1120 g/mol. The smallest absolute Gasteiger partial charge is 0.469 e. The molecule has 0 amide bonds. The fourth-order valence-corrected chi connectivity index (χ4v) is 8.76. The van der Waals surface area contributed by atoms with Gasteiger partial charge in [-0.1, -0.05) is 35.6 Å². The molecule has 4 N–H and O–H groups in total. The summed E-state index contributed by atoms with van der Waals surface area (Å²) in [5.41, 5.74) is 0. The van der Waals surface area contributed by atoms with Crippen molar-refractivity contribution in [2.45, 2.75) is 80.1 Å². The molecule has 0 aromatic rings. The molecule has 41 heteroatoms. The molecule has 10 unspecified atom stereocenters. The molecule has 0 aliphatic carbocycles. The quantitative estimate of drug-likeness (QED) is 0.0434. The van der Waals surface area contributed by atoms with Crippen LogP contribution in [-0.4, -0.2) is 117 Å². The SMILES string of the molecule is C.C.CCC(COP(=O)([O-])OCCOP(=O)([O-])OCCOP(=O)([O-])OCCOP(=O)([O-])OCCOP(=O)([O-])OC(CC)CO)OP(=O)([O-])O.CCOP(=O)([O-])OCC(CC)OP(=O)(O)O. The number of aliphatic hydroxyl groups is 1. The summed E-state index contributed by atoms with van der Waals surface area (Å²) in [6.45, 7) is -3.35. The van der Waals surface area contributed by atoms with Crippen LogP contribution in [0.4, 0.5) is 0 Å². The van der Waals surface area contributed by atoms with E-state index in [0.717, 1.165) is 0 Å². The van der Waals surface area contributed by atoms with E-state index in [1.807, 2.05) is 0 Å². The first-order valence-corrected chi connectivity index (χ1v) is 29.2. The summed E-state index contributed by atoms with van der Waals surface area (Å²) in [5.74, 6) is 0. The Bertz CT molecular complexity index is 1650. The average Bonchev–Trinajstić information content (AvgIpc) is 3.14. The van der Waals surface area contributed by atoms with Gasteiger partial charge in [0.1, 0.15) is 0 Å². The van der Waals surface area contributed by atoms with Crippen LogP contribution in [0.2, 0.25) is 0 Å². The number of phosphoric ester groups is 8. The van der Waals surface area contributed by atoms with Crippen molar-refractivity contribution in [1.29, 1.82) is 0 Å². The Morgan fingerprint density at radius 2 is 0.646 bits per heavy atom. The summed E-state index contributed by atoms with van der Waals surface area (Å²) < 4.78 is 151. The van der Waals surface area contributed by atoms with Crippen molar-refractivity contribution < 1.29 is 154 Å². The monoisotopic (exact) mass is 1120 g/mol. The van der Waals surface area contributed by atoms with E-state index in [1.54, 1.807) is 6.92 Å². The van der Waals surface area contributed by atoms with E-state index in [1.165, 1.54) is 20.8 Å². The second-order valence-electron chi connectivity index (χ2n) is 10.9. The third-order valence-electron chi connectivity index (χ3n) is 5.87. The standard InChI is InChI=1S/C16H40O25P6.C6H16O8P2.2CH4/c1-3-15(13-17)41-47(29,30)38-12-11-36-45(25,26)34-8-7-32-43(21,22)31-5-6-33-44(23,24)35-9-10-37-46(27,28)39-14-16(4-2)40-42(18,19)20;1-3-6(14-15(7,8)9)5-13-16(10,11)12-4-2;;/h15-17H,3-14H2,1-2H3,(H,21,22)(H,23,24)(H,25,26)(H,27,28)(H,29,30)(H2,18,19,20);6H,3-5H2,1-2H3,(H,10,11)(H2,7,8,9);2*1H4/p-7. The Balaban J connectivity index is -0.000000873. The van der Waals surface area contributed by atoms with Crippen molar-refractivity contribution in [2.75, 3.05) is 79.3 Å². The second-order valence-corrected chi connectivity index (χ2v) is 21.7. The number of hydrogen-bond donors (Lipinski definition) is 4. The Morgan fingerprint density at radius 3 is 0.892 bits per heavy atom. The van der Waals surface area contributed by atoms with Gasteiger partial charge in [-0.2, -0.15) is 0 Å². The molecule has 0 bridgehead atoms. The largest absolute Gasteiger partial charge is 0.756 e.